The van der Waals surface area contributed by atoms with Crippen LogP contribution in [0.15, 0.2) is 54.6 Å². The second-order valence-corrected chi connectivity index (χ2v) is 5.82. The lowest BCUT2D eigenvalue weighted by atomic mass is 9.91. The van der Waals surface area contributed by atoms with Gasteiger partial charge in [0.15, 0.2) is 0 Å². The Kier molecular flexibility index (Phi) is 4.90. The van der Waals surface area contributed by atoms with Gasteiger partial charge < -0.3 is 10.1 Å². The van der Waals surface area contributed by atoms with Crippen molar-refractivity contribution < 1.29 is 4.74 Å². The van der Waals surface area contributed by atoms with Crippen molar-refractivity contribution in [2.45, 2.75) is 25.9 Å². The van der Waals surface area contributed by atoms with Crippen molar-refractivity contribution in [2.24, 2.45) is 5.92 Å². The molecular formula is C19H23NO. The average molecular weight is 281 g/mol. The van der Waals surface area contributed by atoms with Crippen LogP contribution in [0.5, 0.6) is 5.75 Å². The standard InChI is InChI=1S/C19H23NO/c1-2-5-17(6-3-1)15-21-19-8-4-7-18(14-19)13-16-9-11-20-12-10-16/h1-8,14,16,20H,9-13,15H2. The second kappa shape index (κ2) is 7.28. The first-order valence-corrected chi connectivity index (χ1v) is 7.86. The molecule has 0 bridgehead atoms. The summed E-state index contributed by atoms with van der Waals surface area (Å²) in [5.74, 6) is 1.79. The van der Waals surface area contributed by atoms with Gasteiger partial charge in [0.1, 0.15) is 12.4 Å². The van der Waals surface area contributed by atoms with Gasteiger partial charge in [0.25, 0.3) is 0 Å². The zero-order valence-corrected chi connectivity index (χ0v) is 12.4. The van der Waals surface area contributed by atoms with Crippen LogP contribution >= 0.6 is 0 Å². The molecule has 0 atom stereocenters. The molecule has 2 aromatic rings. The molecular weight excluding hydrogens is 258 g/mol. The Hall–Kier alpha value is -1.80. The molecule has 0 saturated carbocycles. The van der Waals surface area contributed by atoms with Crippen LogP contribution in [0.25, 0.3) is 0 Å². The zero-order valence-electron chi connectivity index (χ0n) is 12.4. The minimum Gasteiger partial charge on any atom is -0.489 e. The number of hydrogen-bond donors (Lipinski definition) is 1. The summed E-state index contributed by atoms with van der Waals surface area (Å²) < 4.78 is 5.91. The third-order valence-corrected chi connectivity index (χ3v) is 4.13. The van der Waals surface area contributed by atoms with Gasteiger partial charge in [-0.25, -0.2) is 0 Å². The molecule has 0 radical (unpaired) electrons. The van der Waals surface area contributed by atoms with Crippen LogP contribution in [-0.2, 0) is 13.0 Å². The molecule has 2 nitrogen and oxygen atoms in total. The minimum atomic E-state index is 0.637. The molecule has 0 aromatic heterocycles. The predicted molar refractivity (Wildman–Crippen MR) is 86.5 cm³/mol. The van der Waals surface area contributed by atoms with E-state index in [1.165, 1.54) is 30.4 Å². The fourth-order valence-electron chi connectivity index (χ4n) is 2.92. The van der Waals surface area contributed by atoms with E-state index in [4.69, 9.17) is 4.74 Å². The maximum absolute atomic E-state index is 5.91. The van der Waals surface area contributed by atoms with Crippen molar-refractivity contribution in [2.75, 3.05) is 13.1 Å². The molecule has 1 saturated heterocycles. The fraction of sp³-hybridized carbons (Fsp3) is 0.368. The molecule has 1 N–H and O–H groups in total. The zero-order chi connectivity index (χ0) is 14.3. The number of piperidine rings is 1. The summed E-state index contributed by atoms with van der Waals surface area (Å²) in [6, 6.07) is 18.9. The quantitative estimate of drug-likeness (QED) is 0.900. The van der Waals surface area contributed by atoms with Gasteiger partial charge in [-0.3, -0.25) is 0 Å². The average Bonchev–Trinajstić information content (AvgIpc) is 2.55. The molecule has 1 fully saturated rings. The molecule has 0 aliphatic carbocycles. The Morgan fingerprint density at radius 1 is 0.905 bits per heavy atom. The Bertz CT molecular complexity index is 547. The van der Waals surface area contributed by atoms with Crippen LogP contribution in [0.2, 0.25) is 0 Å². The number of nitrogens with one attached hydrogen (secondary N) is 1. The summed E-state index contributed by atoms with van der Waals surface area (Å²) in [5.41, 5.74) is 2.61. The highest BCUT2D eigenvalue weighted by molar-refractivity contribution is 5.29. The molecule has 1 aliphatic heterocycles. The van der Waals surface area contributed by atoms with Gasteiger partial charge in [-0.2, -0.15) is 0 Å². The van der Waals surface area contributed by atoms with Gasteiger partial charge in [0.05, 0.1) is 0 Å². The lowest BCUT2D eigenvalue weighted by Crippen LogP contribution is -2.28. The van der Waals surface area contributed by atoms with Crippen LogP contribution < -0.4 is 10.1 Å². The van der Waals surface area contributed by atoms with E-state index in [-0.39, 0.29) is 0 Å². The summed E-state index contributed by atoms with van der Waals surface area (Å²) in [6.45, 7) is 2.96. The fourth-order valence-corrected chi connectivity index (χ4v) is 2.92. The van der Waals surface area contributed by atoms with Gasteiger partial charge >= 0.3 is 0 Å². The van der Waals surface area contributed by atoms with E-state index in [9.17, 15) is 0 Å². The van der Waals surface area contributed by atoms with E-state index in [0.29, 0.717) is 6.61 Å². The molecule has 0 spiro atoms. The van der Waals surface area contributed by atoms with Crippen LogP contribution in [0.3, 0.4) is 0 Å². The van der Waals surface area contributed by atoms with Crippen molar-refractivity contribution in [3.05, 3.63) is 65.7 Å². The normalized spacial score (nSPS) is 15.8. The van der Waals surface area contributed by atoms with Crippen molar-refractivity contribution in [3.63, 3.8) is 0 Å². The van der Waals surface area contributed by atoms with Crippen LogP contribution in [0.4, 0.5) is 0 Å². The SMILES string of the molecule is c1ccc(COc2cccc(CC3CCNCC3)c2)cc1. The van der Waals surface area contributed by atoms with Gasteiger partial charge in [0.2, 0.25) is 0 Å². The van der Waals surface area contributed by atoms with E-state index < -0.39 is 0 Å². The maximum atomic E-state index is 5.91. The summed E-state index contributed by atoms with van der Waals surface area (Å²) >= 11 is 0. The third kappa shape index (κ3) is 4.33. The first-order valence-electron chi connectivity index (χ1n) is 7.86. The smallest absolute Gasteiger partial charge is 0.120 e. The Labute approximate surface area is 127 Å². The predicted octanol–water partition coefficient (Wildman–Crippen LogP) is 3.81. The van der Waals surface area contributed by atoms with E-state index in [1.54, 1.807) is 0 Å². The van der Waals surface area contributed by atoms with Crippen molar-refractivity contribution in [1.29, 1.82) is 0 Å². The van der Waals surface area contributed by atoms with Crippen molar-refractivity contribution in [3.8, 4) is 5.75 Å². The van der Waals surface area contributed by atoms with Gasteiger partial charge in [-0.05, 0) is 61.5 Å². The van der Waals surface area contributed by atoms with E-state index in [0.717, 1.165) is 24.8 Å². The molecule has 0 amide bonds. The molecule has 1 aliphatic rings. The van der Waals surface area contributed by atoms with E-state index >= 15 is 0 Å². The minimum absolute atomic E-state index is 0.637. The monoisotopic (exact) mass is 281 g/mol. The largest absolute Gasteiger partial charge is 0.489 e. The molecule has 21 heavy (non-hydrogen) atoms. The molecule has 1 heterocycles. The molecule has 110 valence electrons. The number of ether oxygens (including phenoxy) is 1. The number of rotatable bonds is 5. The first-order chi connectivity index (χ1) is 10.4. The topological polar surface area (TPSA) is 21.3 Å². The molecule has 2 heteroatoms. The van der Waals surface area contributed by atoms with Crippen molar-refractivity contribution >= 4 is 0 Å². The number of benzene rings is 2. The maximum Gasteiger partial charge on any atom is 0.120 e. The third-order valence-electron chi connectivity index (χ3n) is 4.13. The van der Waals surface area contributed by atoms with Crippen LogP contribution in [0.1, 0.15) is 24.0 Å². The Morgan fingerprint density at radius 2 is 1.67 bits per heavy atom. The van der Waals surface area contributed by atoms with Crippen LogP contribution in [-0.4, -0.2) is 13.1 Å². The summed E-state index contributed by atoms with van der Waals surface area (Å²) in [5, 5.41) is 3.43. The lowest BCUT2D eigenvalue weighted by molar-refractivity contribution is 0.305. The lowest BCUT2D eigenvalue weighted by Gasteiger charge is -2.22. The Balaban J connectivity index is 1.57. The molecule has 3 rings (SSSR count). The highest BCUT2D eigenvalue weighted by Gasteiger charge is 2.13. The van der Waals surface area contributed by atoms with E-state index in [1.807, 2.05) is 18.2 Å². The second-order valence-electron chi connectivity index (χ2n) is 5.82. The molecule has 0 unspecified atom stereocenters. The summed E-state index contributed by atoms with van der Waals surface area (Å²) in [4.78, 5) is 0. The van der Waals surface area contributed by atoms with Crippen LogP contribution in [0, 0.1) is 5.92 Å². The highest BCUT2D eigenvalue weighted by atomic mass is 16.5. The highest BCUT2D eigenvalue weighted by Crippen LogP contribution is 2.21. The summed E-state index contributed by atoms with van der Waals surface area (Å²) in [7, 11) is 0. The summed E-state index contributed by atoms with van der Waals surface area (Å²) in [6.07, 6.45) is 3.74. The first kappa shape index (κ1) is 14.2. The molecule has 2 aromatic carbocycles. The number of hydrogen-bond acceptors (Lipinski definition) is 2. The van der Waals surface area contributed by atoms with Gasteiger partial charge in [-0.1, -0.05) is 42.5 Å². The van der Waals surface area contributed by atoms with Gasteiger partial charge in [-0.15, -0.1) is 0 Å². The van der Waals surface area contributed by atoms with E-state index in [2.05, 4.69) is 41.7 Å². The van der Waals surface area contributed by atoms with Gasteiger partial charge in [0, 0.05) is 0 Å². The Morgan fingerprint density at radius 3 is 2.48 bits per heavy atom. The van der Waals surface area contributed by atoms with Crippen molar-refractivity contribution in [1.82, 2.24) is 5.32 Å².